The summed E-state index contributed by atoms with van der Waals surface area (Å²) in [5.74, 6) is -0.0359. The number of amides is 1. The molecule has 0 bridgehead atoms. The Bertz CT molecular complexity index is 910. The molecule has 8 nitrogen and oxygen atoms in total. The zero-order valence-electron chi connectivity index (χ0n) is 15.2. The highest BCUT2D eigenvalue weighted by Crippen LogP contribution is 2.29. The Morgan fingerprint density at radius 2 is 1.96 bits per heavy atom. The van der Waals surface area contributed by atoms with Gasteiger partial charge in [0.05, 0.1) is 11.9 Å². The van der Waals surface area contributed by atoms with Crippen molar-refractivity contribution in [2.45, 2.75) is 18.4 Å². The molecular formula is C19H23N7O. The first-order chi connectivity index (χ1) is 13.2. The number of nitrogens with one attached hydrogen (secondary N) is 3. The number of anilines is 3. The number of rotatable bonds is 5. The summed E-state index contributed by atoms with van der Waals surface area (Å²) in [5.41, 5.74) is 1.87. The number of nitrogens with zero attached hydrogens (tertiary/aromatic N) is 4. The second kappa shape index (κ2) is 7.24. The van der Waals surface area contributed by atoms with Crippen LogP contribution in [-0.2, 0) is 17.4 Å². The van der Waals surface area contributed by atoms with Crippen molar-refractivity contribution in [1.82, 2.24) is 24.9 Å². The third-order valence-electron chi connectivity index (χ3n) is 4.91. The molecule has 4 rings (SSSR count). The van der Waals surface area contributed by atoms with Crippen LogP contribution in [0.3, 0.4) is 0 Å². The summed E-state index contributed by atoms with van der Waals surface area (Å²) in [4.78, 5) is 13.2. The average Bonchev–Trinajstić information content (AvgIpc) is 3.35. The van der Waals surface area contributed by atoms with E-state index in [2.05, 4.69) is 26.1 Å². The summed E-state index contributed by atoms with van der Waals surface area (Å²) >= 11 is 0. The van der Waals surface area contributed by atoms with Crippen LogP contribution in [0.1, 0.15) is 12.8 Å². The molecule has 140 valence electrons. The Kier molecular flexibility index (Phi) is 4.64. The van der Waals surface area contributed by atoms with Crippen molar-refractivity contribution < 1.29 is 4.79 Å². The van der Waals surface area contributed by atoms with Gasteiger partial charge in [0.1, 0.15) is 5.54 Å². The lowest BCUT2D eigenvalue weighted by Gasteiger charge is -2.36. The highest BCUT2D eigenvalue weighted by atomic mass is 16.2. The van der Waals surface area contributed by atoms with Crippen LogP contribution >= 0.6 is 0 Å². The number of piperidine rings is 1. The molecule has 0 spiro atoms. The van der Waals surface area contributed by atoms with Gasteiger partial charge in [-0.25, -0.2) is 0 Å². The van der Waals surface area contributed by atoms with Gasteiger partial charge in [-0.05, 0) is 50.2 Å². The van der Waals surface area contributed by atoms with Crippen molar-refractivity contribution in [2.24, 2.45) is 7.05 Å². The lowest BCUT2D eigenvalue weighted by atomic mass is 9.87. The molecule has 0 atom stereocenters. The van der Waals surface area contributed by atoms with Crippen molar-refractivity contribution in [1.29, 1.82) is 0 Å². The standard InChI is InChI=1S/C19H23N7O/c1-25-14-17(13-22-25)23-15-4-2-5-16(12-15)24-18(27)19(6-9-20-10-7-19)26-11-3-8-21-26/h2-5,8,11-14,20,23H,6-7,9-10H2,1H3,(H,24,27). The molecule has 1 saturated heterocycles. The molecule has 2 aromatic heterocycles. The quantitative estimate of drug-likeness (QED) is 0.644. The van der Waals surface area contributed by atoms with Gasteiger partial charge in [0.15, 0.2) is 0 Å². The molecule has 8 heteroatoms. The summed E-state index contributed by atoms with van der Waals surface area (Å²) in [6.07, 6.45) is 8.64. The van der Waals surface area contributed by atoms with Crippen molar-refractivity contribution >= 4 is 23.0 Å². The van der Waals surface area contributed by atoms with E-state index >= 15 is 0 Å². The van der Waals surface area contributed by atoms with Crippen LogP contribution in [0.15, 0.2) is 55.1 Å². The molecule has 1 aliphatic heterocycles. The van der Waals surface area contributed by atoms with Crippen molar-refractivity contribution in [2.75, 3.05) is 23.7 Å². The van der Waals surface area contributed by atoms with Gasteiger partial charge in [0.25, 0.3) is 5.91 Å². The second-order valence-corrected chi connectivity index (χ2v) is 6.79. The first-order valence-corrected chi connectivity index (χ1v) is 9.04. The number of benzene rings is 1. The van der Waals surface area contributed by atoms with E-state index < -0.39 is 5.54 Å². The molecule has 1 aliphatic rings. The fourth-order valence-electron chi connectivity index (χ4n) is 3.50. The molecule has 0 radical (unpaired) electrons. The highest BCUT2D eigenvalue weighted by Gasteiger charge is 2.42. The van der Waals surface area contributed by atoms with E-state index in [1.54, 1.807) is 21.8 Å². The number of hydrogen-bond acceptors (Lipinski definition) is 5. The molecule has 1 amide bonds. The normalized spacial score (nSPS) is 16.0. The topological polar surface area (TPSA) is 88.8 Å². The molecule has 0 aliphatic carbocycles. The monoisotopic (exact) mass is 365 g/mol. The number of carbonyl (C=O) groups is 1. The summed E-state index contributed by atoms with van der Waals surface area (Å²) in [6, 6.07) is 9.54. The fraction of sp³-hybridized carbons (Fsp3) is 0.316. The van der Waals surface area contributed by atoms with Crippen LogP contribution in [0.2, 0.25) is 0 Å². The predicted octanol–water partition coefficient (Wildman–Crippen LogP) is 2.08. The van der Waals surface area contributed by atoms with Gasteiger partial charge in [-0.3, -0.25) is 14.2 Å². The van der Waals surface area contributed by atoms with E-state index in [4.69, 9.17) is 0 Å². The maximum Gasteiger partial charge on any atom is 0.252 e. The zero-order valence-corrected chi connectivity index (χ0v) is 15.2. The summed E-state index contributed by atoms with van der Waals surface area (Å²) < 4.78 is 3.53. The van der Waals surface area contributed by atoms with Crippen LogP contribution < -0.4 is 16.0 Å². The maximum absolute atomic E-state index is 13.2. The Morgan fingerprint density at radius 3 is 2.67 bits per heavy atom. The van der Waals surface area contributed by atoms with E-state index in [1.807, 2.05) is 49.8 Å². The Morgan fingerprint density at radius 1 is 1.15 bits per heavy atom. The minimum absolute atomic E-state index is 0.0359. The fourth-order valence-corrected chi connectivity index (χ4v) is 3.50. The SMILES string of the molecule is Cn1cc(Nc2cccc(NC(=O)C3(n4cccn4)CCNCC3)c2)cn1. The lowest BCUT2D eigenvalue weighted by molar-refractivity contribution is -0.126. The van der Waals surface area contributed by atoms with Gasteiger partial charge < -0.3 is 16.0 Å². The molecule has 0 saturated carbocycles. The van der Waals surface area contributed by atoms with E-state index in [-0.39, 0.29) is 5.91 Å². The summed E-state index contributed by atoms with van der Waals surface area (Å²) in [6.45, 7) is 1.58. The third kappa shape index (κ3) is 3.56. The minimum Gasteiger partial charge on any atom is -0.353 e. The first-order valence-electron chi connectivity index (χ1n) is 9.04. The van der Waals surface area contributed by atoms with Crippen LogP contribution in [-0.4, -0.2) is 38.6 Å². The number of carbonyl (C=O) groups excluding carboxylic acids is 1. The highest BCUT2D eigenvalue weighted by molar-refractivity contribution is 5.97. The zero-order chi connectivity index (χ0) is 18.7. The van der Waals surface area contributed by atoms with Gasteiger partial charge in [-0.2, -0.15) is 10.2 Å². The molecule has 0 unspecified atom stereocenters. The Hall–Kier alpha value is -3.13. The van der Waals surface area contributed by atoms with Crippen LogP contribution in [0.5, 0.6) is 0 Å². The number of aryl methyl sites for hydroxylation is 1. The molecule has 3 aromatic rings. The number of hydrogen-bond donors (Lipinski definition) is 3. The lowest BCUT2D eigenvalue weighted by Crippen LogP contribution is -2.52. The molecular weight excluding hydrogens is 342 g/mol. The van der Waals surface area contributed by atoms with E-state index in [1.165, 1.54) is 0 Å². The minimum atomic E-state index is -0.665. The molecule has 1 aromatic carbocycles. The average molecular weight is 365 g/mol. The van der Waals surface area contributed by atoms with Gasteiger partial charge in [0, 0.05) is 37.0 Å². The Balaban J connectivity index is 1.54. The summed E-state index contributed by atoms with van der Waals surface area (Å²) in [7, 11) is 1.87. The van der Waals surface area contributed by atoms with Crippen LogP contribution in [0.4, 0.5) is 17.1 Å². The van der Waals surface area contributed by atoms with Crippen molar-refractivity contribution in [3.8, 4) is 0 Å². The van der Waals surface area contributed by atoms with Crippen LogP contribution in [0, 0.1) is 0 Å². The molecule has 1 fully saturated rings. The van der Waals surface area contributed by atoms with Crippen molar-refractivity contribution in [3.05, 3.63) is 55.1 Å². The first kappa shape index (κ1) is 17.3. The molecule has 3 N–H and O–H groups in total. The van der Waals surface area contributed by atoms with E-state index in [0.717, 1.165) is 30.2 Å². The number of aromatic nitrogens is 4. The van der Waals surface area contributed by atoms with E-state index in [9.17, 15) is 4.79 Å². The largest absolute Gasteiger partial charge is 0.353 e. The summed E-state index contributed by atoms with van der Waals surface area (Å²) in [5, 5.41) is 18.2. The van der Waals surface area contributed by atoms with Gasteiger partial charge >= 0.3 is 0 Å². The maximum atomic E-state index is 13.2. The smallest absolute Gasteiger partial charge is 0.252 e. The van der Waals surface area contributed by atoms with Crippen molar-refractivity contribution in [3.63, 3.8) is 0 Å². The predicted molar refractivity (Wildman–Crippen MR) is 104 cm³/mol. The Labute approximate surface area is 157 Å². The molecule has 27 heavy (non-hydrogen) atoms. The van der Waals surface area contributed by atoms with Gasteiger partial charge in [-0.1, -0.05) is 6.07 Å². The van der Waals surface area contributed by atoms with Gasteiger partial charge in [0.2, 0.25) is 0 Å². The van der Waals surface area contributed by atoms with Gasteiger partial charge in [-0.15, -0.1) is 0 Å². The second-order valence-electron chi connectivity index (χ2n) is 6.79. The van der Waals surface area contributed by atoms with Crippen LogP contribution in [0.25, 0.3) is 0 Å². The molecule has 3 heterocycles. The van der Waals surface area contributed by atoms with E-state index in [0.29, 0.717) is 12.8 Å². The third-order valence-corrected chi connectivity index (χ3v) is 4.91.